The Hall–Kier alpha value is -3.59. The standard InChI is InChI=1S/C16H20N6.C8H11NO2/c1-19-5-7-21(8-6-19)16-10-18-22-12-13(3-4-15(16)22)14-9-17-20(2)11-14;1-7(11-6-10)8-4-2-3-5-9-8/h3-4,9-12H,5-8H2,1-2H3;2-4,6-7,9H,5H2,1H3. The highest BCUT2D eigenvalue weighted by atomic mass is 16.5. The van der Waals surface area contributed by atoms with Gasteiger partial charge in [0.1, 0.15) is 6.10 Å². The number of dihydropyridines is 1. The van der Waals surface area contributed by atoms with Crippen molar-refractivity contribution in [3.8, 4) is 11.1 Å². The number of nitrogens with zero attached hydrogens (tertiary/aromatic N) is 6. The summed E-state index contributed by atoms with van der Waals surface area (Å²) in [6.07, 6.45) is 13.6. The molecule has 5 heterocycles. The minimum absolute atomic E-state index is 0.169. The zero-order chi connectivity index (χ0) is 23.2. The van der Waals surface area contributed by atoms with Crippen LogP contribution in [0.25, 0.3) is 16.6 Å². The molecule has 0 amide bonds. The first-order valence-corrected chi connectivity index (χ1v) is 11.1. The Labute approximate surface area is 193 Å². The fourth-order valence-corrected chi connectivity index (χ4v) is 3.91. The van der Waals surface area contributed by atoms with Gasteiger partial charge < -0.3 is 19.9 Å². The van der Waals surface area contributed by atoms with Crippen LogP contribution in [0.4, 0.5) is 5.69 Å². The van der Waals surface area contributed by atoms with Crippen LogP contribution in [0, 0.1) is 0 Å². The van der Waals surface area contributed by atoms with Crippen molar-refractivity contribution in [1.82, 2.24) is 29.6 Å². The van der Waals surface area contributed by atoms with Crippen molar-refractivity contribution in [2.75, 3.05) is 44.7 Å². The number of hydrogen-bond donors (Lipinski definition) is 1. The van der Waals surface area contributed by atoms with Gasteiger partial charge in [0.15, 0.2) is 0 Å². The topological polar surface area (TPSA) is 79.9 Å². The second-order valence-electron chi connectivity index (χ2n) is 8.28. The van der Waals surface area contributed by atoms with Crippen LogP contribution in [0.1, 0.15) is 6.92 Å². The van der Waals surface area contributed by atoms with E-state index in [1.807, 2.05) is 60.0 Å². The molecule has 1 N–H and O–H groups in total. The fourth-order valence-electron chi connectivity index (χ4n) is 3.91. The monoisotopic (exact) mass is 449 g/mol. The van der Waals surface area contributed by atoms with Gasteiger partial charge in [-0.3, -0.25) is 9.48 Å². The highest BCUT2D eigenvalue weighted by Gasteiger charge is 2.18. The van der Waals surface area contributed by atoms with Gasteiger partial charge in [0.05, 0.1) is 29.3 Å². The normalized spacial score (nSPS) is 17.1. The number of carbonyl (C=O) groups excluding carboxylic acids is 1. The van der Waals surface area contributed by atoms with Gasteiger partial charge in [-0.25, -0.2) is 4.52 Å². The minimum Gasteiger partial charge on any atom is -0.458 e. The number of aryl methyl sites for hydroxylation is 1. The summed E-state index contributed by atoms with van der Waals surface area (Å²) < 4.78 is 8.52. The molecule has 0 spiro atoms. The van der Waals surface area contributed by atoms with Crippen molar-refractivity contribution in [2.45, 2.75) is 13.0 Å². The minimum atomic E-state index is -0.169. The SMILES string of the molecule is CC(OC=O)C1=CC=CCN1.CN1CCN(c2cnn3cc(-c4cnn(C)c4)ccc23)CC1. The quantitative estimate of drug-likeness (QED) is 0.598. The van der Waals surface area contributed by atoms with Gasteiger partial charge in [-0.05, 0) is 26.1 Å². The van der Waals surface area contributed by atoms with Crippen LogP contribution in [0.5, 0.6) is 0 Å². The molecule has 174 valence electrons. The lowest BCUT2D eigenvalue weighted by Crippen LogP contribution is -2.44. The summed E-state index contributed by atoms with van der Waals surface area (Å²) in [7, 11) is 4.11. The van der Waals surface area contributed by atoms with E-state index < -0.39 is 0 Å². The Kier molecular flexibility index (Phi) is 7.09. The Morgan fingerprint density at radius 2 is 1.88 bits per heavy atom. The van der Waals surface area contributed by atoms with E-state index in [0.29, 0.717) is 6.47 Å². The molecule has 0 saturated carbocycles. The predicted molar refractivity (Wildman–Crippen MR) is 129 cm³/mol. The number of rotatable bonds is 5. The number of nitrogens with one attached hydrogen (secondary N) is 1. The first kappa shape index (κ1) is 22.6. The molecular formula is C24H31N7O2. The van der Waals surface area contributed by atoms with Crippen LogP contribution in [-0.2, 0) is 16.6 Å². The first-order chi connectivity index (χ1) is 16.0. The average Bonchev–Trinajstić information content (AvgIpc) is 3.47. The zero-order valence-electron chi connectivity index (χ0n) is 19.4. The second-order valence-corrected chi connectivity index (χ2v) is 8.28. The van der Waals surface area contributed by atoms with Gasteiger partial charge in [-0.2, -0.15) is 10.2 Å². The van der Waals surface area contributed by atoms with Crippen molar-refractivity contribution in [1.29, 1.82) is 0 Å². The van der Waals surface area contributed by atoms with E-state index in [1.54, 1.807) is 0 Å². The van der Waals surface area contributed by atoms with Gasteiger partial charge >= 0.3 is 0 Å². The number of hydrogen-bond acceptors (Lipinski definition) is 7. The number of pyridine rings is 1. The average molecular weight is 450 g/mol. The van der Waals surface area contributed by atoms with Gasteiger partial charge in [0.25, 0.3) is 6.47 Å². The maximum absolute atomic E-state index is 9.96. The van der Waals surface area contributed by atoms with E-state index in [2.05, 4.69) is 50.7 Å². The molecule has 9 heteroatoms. The number of aromatic nitrogens is 4. The summed E-state index contributed by atoms with van der Waals surface area (Å²) >= 11 is 0. The molecule has 1 atom stereocenters. The van der Waals surface area contributed by atoms with E-state index in [0.717, 1.165) is 55.1 Å². The lowest BCUT2D eigenvalue weighted by Gasteiger charge is -2.33. The number of carbonyl (C=O) groups is 1. The third-order valence-corrected chi connectivity index (χ3v) is 5.91. The number of likely N-dealkylation sites (N-methyl/N-ethyl adjacent to an activating group) is 1. The molecular weight excluding hydrogens is 418 g/mol. The van der Waals surface area contributed by atoms with Crippen molar-refractivity contribution >= 4 is 17.7 Å². The smallest absolute Gasteiger partial charge is 0.293 e. The first-order valence-electron chi connectivity index (χ1n) is 11.1. The molecule has 0 aliphatic carbocycles. The molecule has 3 aromatic heterocycles. The van der Waals surface area contributed by atoms with Crippen LogP contribution < -0.4 is 10.2 Å². The van der Waals surface area contributed by atoms with Crippen LogP contribution in [0.15, 0.2) is 60.8 Å². The summed E-state index contributed by atoms with van der Waals surface area (Å²) in [4.78, 5) is 14.7. The van der Waals surface area contributed by atoms with Gasteiger partial charge in [-0.1, -0.05) is 18.2 Å². The summed E-state index contributed by atoms with van der Waals surface area (Å²) in [5.74, 6) is 0. The molecule has 33 heavy (non-hydrogen) atoms. The molecule has 1 fully saturated rings. The molecule has 0 aromatic carbocycles. The molecule has 9 nitrogen and oxygen atoms in total. The van der Waals surface area contributed by atoms with Crippen LogP contribution in [-0.4, -0.2) is 76.6 Å². The highest BCUT2D eigenvalue weighted by Crippen LogP contribution is 2.26. The molecule has 5 rings (SSSR count). The number of piperazine rings is 1. The Balaban J connectivity index is 0.000000200. The lowest BCUT2D eigenvalue weighted by molar-refractivity contribution is -0.131. The van der Waals surface area contributed by atoms with Crippen molar-refractivity contribution in [3.05, 3.63) is 60.8 Å². The van der Waals surface area contributed by atoms with Crippen LogP contribution in [0.2, 0.25) is 0 Å². The Morgan fingerprint density at radius 1 is 1.06 bits per heavy atom. The van der Waals surface area contributed by atoms with Crippen LogP contribution in [0.3, 0.4) is 0 Å². The molecule has 0 radical (unpaired) electrons. The third kappa shape index (κ3) is 5.43. The summed E-state index contributed by atoms with van der Waals surface area (Å²) in [5.41, 5.74) is 5.58. The predicted octanol–water partition coefficient (Wildman–Crippen LogP) is 2.08. The summed E-state index contributed by atoms with van der Waals surface area (Å²) in [5, 5.41) is 11.9. The third-order valence-electron chi connectivity index (χ3n) is 5.91. The van der Waals surface area contributed by atoms with E-state index in [4.69, 9.17) is 4.74 Å². The zero-order valence-corrected chi connectivity index (χ0v) is 19.4. The maximum atomic E-state index is 9.96. The highest BCUT2D eigenvalue weighted by molar-refractivity contribution is 5.75. The summed E-state index contributed by atoms with van der Waals surface area (Å²) in [6.45, 7) is 7.41. The van der Waals surface area contributed by atoms with Crippen molar-refractivity contribution in [2.24, 2.45) is 7.05 Å². The molecule has 0 bridgehead atoms. The summed E-state index contributed by atoms with van der Waals surface area (Å²) in [6, 6.07) is 4.30. The second kappa shape index (κ2) is 10.4. The molecule has 2 aliphatic rings. The fraction of sp³-hybridized carbons (Fsp3) is 0.375. The van der Waals surface area contributed by atoms with Crippen LogP contribution >= 0.6 is 0 Å². The van der Waals surface area contributed by atoms with E-state index >= 15 is 0 Å². The van der Waals surface area contributed by atoms with Gasteiger partial charge in [0.2, 0.25) is 0 Å². The van der Waals surface area contributed by atoms with Gasteiger partial charge in [-0.15, -0.1) is 0 Å². The molecule has 1 unspecified atom stereocenters. The van der Waals surface area contributed by atoms with Crippen molar-refractivity contribution < 1.29 is 9.53 Å². The van der Waals surface area contributed by atoms with E-state index in [1.165, 1.54) is 5.69 Å². The molecule has 1 saturated heterocycles. The van der Waals surface area contributed by atoms with E-state index in [9.17, 15) is 4.79 Å². The number of anilines is 1. The lowest BCUT2D eigenvalue weighted by atomic mass is 10.1. The molecule has 2 aliphatic heterocycles. The molecule has 3 aromatic rings. The number of allylic oxidation sites excluding steroid dienone is 2. The van der Waals surface area contributed by atoms with E-state index in [-0.39, 0.29) is 6.10 Å². The van der Waals surface area contributed by atoms with Gasteiger partial charge in [0, 0.05) is 63.3 Å². The largest absolute Gasteiger partial charge is 0.458 e. The number of fused-ring (bicyclic) bond motifs is 1. The number of ether oxygens (including phenoxy) is 1. The Morgan fingerprint density at radius 3 is 2.55 bits per heavy atom. The van der Waals surface area contributed by atoms with Crippen molar-refractivity contribution in [3.63, 3.8) is 0 Å². The maximum Gasteiger partial charge on any atom is 0.293 e. The Bertz CT molecular complexity index is 1140.